The molecule has 0 bridgehead atoms. The first-order chi connectivity index (χ1) is 7.46. The lowest BCUT2D eigenvalue weighted by molar-refractivity contribution is -0.142. The Hall–Kier alpha value is -1.14. The van der Waals surface area contributed by atoms with Gasteiger partial charge in [0.25, 0.3) is 0 Å². The molecule has 0 unspecified atom stereocenters. The maximum atomic E-state index is 11.6. The summed E-state index contributed by atoms with van der Waals surface area (Å²) in [6, 6.07) is 0. The third-order valence-electron chi connectivity index (χ3n) is 2.47. The lowest BCUT2D eigenvalue weighted by Gasteiger charge is -2.25. The van der Waals surface area contributed by atoms with E-state index in [2.05, 4.69) is 5.32 Å². The van der Waals surface area contributed by atoms with Crippen molar-refractivity contribution in [1.82, 2.24) is 5.32 Å². The highest BCUT2D eigenvalue weighted by atomic mass is 16.5. The molecule has 6 nitrogen and oxygen atoms in total. The molecule has 0 heterocycles. The van der Waals surface area contributed by atoms with Crippen LogP contribution in [-0.2, 0) is 14.3 Å². The Balaban J connectivity index is 3.77. The minimum absolute atomic E-state index is 0.168. The predicted octanol–water partition coefficient (Wildman–Crippen LogP) is -0.279. The van der Waals surface area contributed by atoms with Gasteiger partial charge in [0.15, 0.2) is 0 Å². The summed E-state index contributed by atoms with van der Waals surface area (Å²) in [5.74, 6) is -1.25. The van der Waals surface area contributed by atoms with E-state index >= 15 is 0 Å². The number of nitrogens with one attached hydrogen (secondary N) is 1. The van der Waals surface area contributed by atoms with Gasteiger partial charge in [-0.25, -0.2) is 4.79 Å². The first kappa shape index (κ1) is 14.9. The molecular formula is C10H20N2O4. The van der Waals surface area contributed by atoms with Crippen LogP contribution in [0.5, 0.6) is 0 Å². The highest BCUT2D eigenvalue weighted by Gasteiger charge is 2.29. The predicted molar refractivity (Wildman–Crippen MR) is 59.0 cm³/mol. The molecule has 0 aliphatic carbocycles. The number of carbonyl (C=O) groups excluding carboxylic acids is 1. The molecule has 0 atom stereocenters. The first-order valence-corrected chi connectivity index (χ1v) is 5.33. The number of amides is 1. The van der Waals surface area contributed by atoms with Crippen LogP contribution in [0.1, 0.15) is 26.7 Å². The third-order valence-corrected chi connectivity index (χ3v) is 2.47. The Bertz CT molecular complexity index is 239. The molecule has 0 aliphatic heterocycles. The van der Waals surface area contributed by atoms with Gasteiger partial charge in [0.1, 0.15) is 6.61 Å². The van der Waals surface area contributed by atoms with Crippen molar-refractivity contribution in [2.45, 2.75) is 32.2 Å². The number of hydrogen-bond donors (Lipinski definition) is 3. The molecule has 0 radical (unpaired) electrons. The fourth-order valence-electron chi connectivity index (χ4n) is 1.14. The van der Waals surface area contributed by atoms with Crippen molar-refractivity contribution in [1.29, 1.82) is 0 Å². The molecule has 0 aliphatic rings. The zero-order chi connectivity index (χ0) is 12.6. The number of hydrogen-bond acceptors (Lipinski definition) is 4. The molecule has 0 fully saturated rings. The van der Waals surface area contributed by atoms with Crippen LogP contribution in [0.4, 0.5) is 0 Å². The van der Waals surface area contributed by atoms with Crippen LogP contribution in [0.25, 0.3) is 0 Å². The summed E-state index contributed by atoms with van der Waals surface area (Å²) in [6.45, 7) is 3.78. The quantitative estimate of drug-likeness (QED) is 0.500. The van der Waals surface area contributed by atoms with Gasteiger partial charge in [-0.3, -0.25) is 4.79 Å². The van der Waals surface area contributed by atoms with Crippen molar-refractivity contribution < 1.29 is 19.4 Å². The summed E-state index contributed by atoms with van der Waals surface area (Å²) in [5.41, 5.74) is 5.02. The van der Waals surface area contributed by atoms with E-state index < -0.39 is 11.5 Å². The van der Waals surface area contributed by atoms with Gasteiger partial charge in [0.05, 0.1) is 12.1 Å². The molecule has 0 aromatic rings. The Morgan fingerprint density at radius 3 is 2.38 bits per heavy atom. The van der Waals surface area contributed by atoms with Crippen LogP contribution in [-0.4, -0.2) is 42.3 Å². The van der Waals surface area contributed by atoms with E-state index in [9.17, 15) is 9.59 Å². The maximum absolute atomic E-state index is 11.6. The molecule has 4 N–H and O–H groups in total. The van der Waals surface area contributed by atoms with E-state index in [-0.39, 0.29) is 25.7 Å². The molecule has 94 valence electrons. The summed E-state index contributed by atoms with van der Waals surface area (Å²) in [6.07, 6.45) is 1.12. The second-order valence-electron chi connectivity index (χ2n) is 3.57. The van der Waals surface area contributed by atoms with Crippen LogP contribution >= 0.6 is 0 Å². The van der Waals surface area contributed by atoms with Crippen molar-refractivity contribution >= 4 is 11.9 Å². The van der Waals surface area contributed by atoms with Gasteiger partial charge < -0.3 is 20.9 Å². The standard InChI is InChI=1S/C10H20N2O4/c1-3-10(11,4-2)9(15)12-5-6-16-7-8(13)14/h3-7,11H2,1-2H3,(H,12,15)(H,13,14). The Morgan fingerprint density at radius 2 is 1.94 bits per heavy atom. The van der Waals surface area contributed by atoms with Gasteiger partial charge in [0, 0.05) is 6.54 Å². The summed E-state index contributed by atoms with van der Waals surface area (Å²) in [5, 5.41) is 10.9. The second kappa shape index (κ2) is 7.19. The number of aliphatic carboxylic acids is 1. The molecule has 6 heteroatoms. The van der Waals surface area contributed by atoms with Crippen LogP contribution in [0.15, 0.2) is 0 Å². The second-order valence-corrected chi connectivity index (χ2v) is 3.57. The maximum Gasteiger partial charge on any atom is 0.329 e. The van der Waals surface area contributed by atoms with Crippen molar-refractivity contribution in [3.63, 3.8) is 0 Å². The van der Waals surface area contributed by atoms with Crippen molar-refractivity contribution in [3.05, 3.63) is 0 Å². The number of carbonyl (C=O) groups is 2. The molecule has 16 heavy (non-hydrogen) atoms. The van der Waals surface area contributed by atoms with Crippen LogP contribution in [0.3, 0.4) is 0 Å². The van der Waals surface area contributed by atoms with E-state index in [1.807, 2.05) is 13.8 Å². The smallest absolute Gasteiger partial charge is 0.329 e. The summed E-state index contributed by atoms with van der Waals surface area (Å²) < 4.78 is 4.77. The number of carboxylic acid groups (broad SMARTS) is 1. The average molecular weight is 232 g/mol. The fraction of sp³-hybridized carbons (Fsp3) is 0.800. The summed E-state index contributed by atoms with van der Waals surface area (Å²) in [7, 11) is 0. The number of rotatable bonds is 8. The Labute approximate surface area is 95.1 Å². The van der Waals surface area contributed by atoms with Crippen LogP contribution in [0, 0.1) is 0 Å². The zero-order valence-electron chi connectivity index (χ0n) is 9.78. The van der Waals surface area contributed by atoms with Crippen LogP contribution < -0.4 is 11.1 Å². The van der Waals surface area contributed by atoms with Crippen molar-refractivity contribution in [3.8, 4) is 0 Å². The number of ether oxygens (including phenoxy) is 1. The Morgan fingerprint density at radius 1 is 1.38 bits per heavy atom. The number of nitrogens with two attached hydrogens (primary N) is 1. The topological polar surface area (TPSA) is 102 Å². The monoisotopic (exact) mass is 232 g/mol. The minimum Gasteiger partial charge on any atom is -0.480 e. The SMILES string of the molecule is CCC(N)(CC)C(=O)NCCOCC(=O)O. The van der Waals surface area contributed by atoms with E-state index in [0.29, 0.717) is 12.8 Å². The molecule has 0 aromatic carbocycles. The zero-order valence-corrected chi connectivity index (χ0v) is 9.78. The molecule has 1 amide bonds. The summed E-state index contributed by atoms with van der Waals surface area (Å²) in [4.78, 5) is 21.7. The minimum atomic E-state index is -1.03. The Kier molecular flexibility index (Phi) is 6.67. The van der Waals surface area contributed by atoms with E-state index in [1.54, 1.807) is 0 Å². The van der Waals surface area contributed by atoms with Gasteiger partial charge >= 0.3 is 5.97 Å². The highest BCUT2D eigenvalue weighted by Crippen LogP contribution is 2.10. The molecule has 0 spiro atoms. The average Bonchev–Trinajstić information content (AvgIpc) is 2.26. The fourth-order valence-corrected chi connectivity index (χ4v) is 1.14. The normalized spacial score (nSPS) is 11.2. The molecule has 0 saturated heterocycles. The molecule has 0 saturated carbocycles. The van der Waals surface area contributed by atoms with Gasteiger partial charge in [0.2, 0.25) is 5.91 Å². The molecule has 0 aromatic heterocycles. The third kappa shape index (κ3) is 5.09. The van der Waals surface area contributed by atoms with Gasteiger partial charge in [-0.1, -0.05) is 13.8 Å². The summed E-state index contributed by atoms with van der Waals surface area (Å²) >= 11 is 0. The van der Waals surface area contributed by atoms with E-state index in [1.165, 1.54) is 0 Å². The van der Waals surface area contributed by atoms with Gasteiger partial charge in [-0.15, -0.1) is 0 Å². The van der Waals surface area contributed by atoms with Crippen molar-refractivity contribution in [2.24, 2.45) is 5.73 Å². The lowest BCUT2D eigenvalue weighted by atomic mass is 9.93. The van der Waals surface area contributed by atoms with Gasteiger partial charge in [-0.2, -0.15) is 0 Å². The van der Waals surface area contributed by atoms with E-state index in [4.69, 9.17) is 15.6 Å². The number of carboxylic acids is 1. The molecular weight excluding hydrogens is 212 g/mol. The molecule has 0 rings (SSSR count). The van der Waals surface area contributed by atoms with E-state index in [0.717, 1.165) is 0 Å². The highest BCUT2D eigenvalue weighted by molar-refractivity contribution is 5.85. The van der Waals surface area contributed by atoms with Gasteiger partial charge in [-0.05, 0) is 12.8 Å². The van der Waals surface area contributed by atoms with Crippen molar-refractivity contribution in [2.75, 3.05) is 19.8 Å². The first-order valence-electron chi connectivity index (χ1n) is 5.33. The largest absolute Gasteiger partial charge is 0.480 e. The lowest BCUT2D eigenvalue weighted by Crippen LogP contribution is -2.53. The van der Waals surface area contributed by atoms with Crippen LogP contribution in [0.2, 0.25) is 0 Å².